The summed E-state index contributed by atoms with van der Waals surface area (Å²) in [6.07, 6.45) is 2.06. The fourth-order valence-electron chi connectivity index (χ4n) is 2.46. The molecule has 1 aromatic rings. The van der Waals surface area contributed by atoms with Crippen LogP contribution in [0.2, 0.25) is 0 Å². The van der Waals surface area contributed by atoms with Gasteiger partial charge in [-0.1, -0.05) is 60.6 Å². The zero-order valence-corrected chi connectivity index (χ0v) is 14.9. The van der Waals surface area contributed by atoms with Crippen LogP contribution < -0.4 is 10.5 Å². The number of hydrogen-bond acceptors (Lipinski definition) is 2. The molecule has 0 aromatic heterocycles. The van der Waals surface area contributed by atoms with Gasteiger partial charge in [0.1, 0.15) is 11.9 Å². The average Bonchev–Trinajstić information content (AvgIpc) is 2.43. The Morgan fingerprint density at radius 1 is 1.00 bits per heavy atom. The van der Waals surface area contributed by atoms with Gasteiger partial charge in [-0.3, -0.25) is 0 Å². The van der Waals surface area contributed by atoms with E-state index in [4.69, 9.17) is 10.5 Å². The highest BCUT2D eigenvalue weighted by Crippen LogP contribution is 2.31. The molecule has 2 atom stereocenters. The van der Waals surface area contributed by atoms with Crippen molar-refractivity contribution in [1.29, 1.82) is 0 Å². The van der Waals surface area contributed by atoms with E-state index in [0.29, 0.717) is 0 Å². The Morgan fingerprint density at radius 3 is 1.90 bits per heavy atom. The third-order valence-corrected chi connectivity index (χ3v) is 4.50. The molecule has 2 heteroatoms. The molecular formula is C19H33NO. The van der Waals surface area contributed by atoms with E-state index in [9.17, 15) is 0 Å². The maximum absolute atomic E-state index is 6.25. The summed E-state index contributed by atoms with van der Waals surface area (Å²) in [6, 6.07) is 8.56. The van der Waals surface area contributed by atoms with Crippen LogP contribution in [0.4, 0.5) is 0 Å². The van der Waals surface area contributed by atoms with Crippen molar-refractivity contribution in [2.24, 2.45) is 11.1 Å². The summed E-state index contributed by atoms with van der Waals surface area (Å²) >= 11 is 0. The number of hydrogen-bond donors (Lipinski definition) is 1. The van der Waals surface area contributed by atoms with Gasteiger partial charge in [0.25, 0.3) is 0 Å². The highest BCUT2D eigenvalue weighted by atomic mass is 16.5. The Hall–Kier alpha value is -1.02. The molecular weight excluding hydrogens is 258 g/mol. The lowest BCUT2D eigenvalue weighted by atomic mass is 9.82. The Labute approximate surface area is 131 Å². The topological polar surface area (TPSA) is 35.2 Å². The molecule has 1 aromatic carbocycles. The fraction of sp³-hybridized carbons (Fsp3) is 0.684. The van der Waals surface area contributed by atoms with Crippen LogP contribution >= 0.6 is 0 Å². The van der Waals surface area contributed by atoms with E-state index in [1.165, 1.54) is 5.56 Å². The van der Waals surface area contributed by atoms with Gasteiger partial charge < -0.3 is 10.5 Å². The largest absolute Gasteiger partial charge is 0.488 e. The minimum absolute atomic E-state index is 0.0209. The van der Waals surface area contributed by atoms with Gasteiger partial charge in [0.15, 0.2) is 0 Å². The van der Waals surface area contributed by atoms with Gasteiger partial charge in [0, 0.05) is 11.5 Å². The number of benzene rings is 1. The minimum atomic E-state index is 0.0209. The highest BCUT2D eigenvalue weighted by Gasteiger charge is 2.31. The molecule has 0 amide bonds. The molecule has 0 heterocycles. The zero-order valence-electron chi connectivity index (χ0n) is 14.9. The summed E-state index contributed by atoms with van der Waals surface area (Å²) in [7, 11) is 0. The number of ether oxygens (including phenoxy) is 1. The van der Waals surface area contributed by atoms with Crippen LogP contribution in [0.25, 0.3) is 0 Å². The van der Waals surface area contributed by atoms with Gasteiger partial charge in [0.05, 0.1) is 0 Å². The molecule has 0 saturated carbocycles. The molecule has 2 N–H and O–H groups in total. The molecule has 0 saturated heterocycles. The first-order valence-corrected chi connectivity index (χ1v) is 8.14. The summed E-state index contributed by atoms with van der Waals surface area (Å²) in [5, 5.41) is 0. The Bertz CT molecular complexity index is 428. The molecule has 0 aliphatic carbocycles. The van der Waals surface area contributed by atoms with Crippen LogP contribution in [0, 0.1) is 5.41 Å². The summed E-state index contributed by atoms with van der Waals surface area (Å²) < 4.78 is 6.21. The standard InChI is InChI=1S/C19H33NO/c1-8-16(20)17(18(3,4)5)21-15-12-10-14(11-13-15)19(6,7)9-2/h10-13,16-17H,8-9,20H2,1-7H3. The predicted octanol–water partition coefficient (Wildman–Crippen LogP) is 4.91. The van der Waals surface area contributed by atoms with Crippen molar-refractivity contribution >= 4 is 0 Å². The van der Waals surface area contributed by atoms with Gasteiger partial charge >= 0.3 is 0 Å². The highest BCUT2D eigenvalue weighted by molar-refractivity contribution is 5.31. The van der Waals surface area contributed by atoms with E-state index in [-0.39, 0.29) is 23.0 Å². The van der Waals surface area contributed by atoms with E-state index in [2.05, 4.69) is 72.7 Å². The van der Waals surface area contributed by atoms with Crippen LogP contribution in [0.5, 0.6) is 5.75 Å². The van der Waals surface area contributed by atoms with Crippen molar-refractivity contribution in [2.45, 2.75) is 78.9 Å². The Balaban J connectivity index is 2.91. The molecule has 21 heavy (non-hydrogen) atoms. The monoisotopic (exact) mass is 291 g/mol. The molecule has 120 valence electrons. The van der Waals surface area contributed by atoms with Gasteiger partial charge in [0.2, 0.25) is 0 Å². The molecule has 0 bridgehead atoms. The molecule has 2 nitrogen and oxygen atoms in total. The Morgan fingerprint density at radius 2 is 1.52 bits per heavy atom. The second-order valence-corrected chi connectivity index (χ2v) is 7.74. The van der Waals surface area contributed by atoms with Crippen molar-refractivity contribution < 1.29 is 4.74 Å². The lowest BCUT2D eigenvalue weighted by Gasteiger charge is -2.35. The van der Waals surface area contributed by atoms with Crippen molar-refractivity contribution in [3.05, 3.63) is 29.8 Å². The molecule has 2 unspecified atom stereocenters. The molecule has 0 spiro atoms. The van der Waals surface area contributed by atoms with Crippen molar-refractivity contribution in [3.63, 3.8) is 0 Å². The summed E-state index contributed by atoms with van der Waals surface area (Å²) in [5.74, 6) is 0.912. The smallest absolute Gasteiger partial charge is 0.119 e. The van der Waals surface area contributed by atoms with E-state index >= 15 is 0 Å². The average molecular weight is 291 g/mol. The SMILES string of the molecule is CCC(N)C(Oc1ccc(C(C)(C)CC)cc1)C(C)(C)C. The zero-order chi connectivity index (χ0) is 16.3. The third kappa shape index (κ3) is 4.74. The van der Waals surface area contributed by atoms with E-state index in [1.54, 1.807) is 0 Å². The van der Waals surface area contributed by atoms with E-state index < -0.39 is 0 Å². The van der Waals surface area contributed by atoms with Gasteiger partial charge in [-0.2, -0.15) is 0 Å². The number of nitrogens with two attached hydrogens (primary N) is 1. The molecule has 0 fully saturated rings. The maximum Gasteiger partial charge on any atom is 0.119 e. The van der Waals surface area contributed by atoms with Crippen molar-refractivity contribution in [1.82, 2.24) is 0 Å². The van der Waals surface area contributed by atoms with Crippen LogP contribution in [-0.2, 0) is 5.41 Å². The normalized spacial score (nSPS) is 15.6. The van der Waals surface area contributed by atoms with Crippen LogP contribution in [-0.4, -0.2) is 12.1 Å². The first-order valence-electron chi connectivity index (χ1n) is 8.14. The third-order valence-electron chi connectivity index (χ3n) is 4.50. The quantitative estimate of drug-likeness (QED) is 0.808. The minimum Gasteiger partial charge on any atom is -0.488 e. The van der Waals surface area contributed by atoms with Crippen molar-refractivity contribution in [3.8, 4) is 5.75 Å². The summed E-state index contributed by atoms with van der Waals surface area (Å²) in [4.78, 5) is 0. The Kier molecular flexibility index (Phi) is 5.86. The van der Waals surface area contributed by atoms with Gasteiger partial charge in [-0.05, 0) is 36.0 Å². The van der Waals surface area contributed by atoms with Crippen molar-refractivity contribution in [2.75, 3.05) is 0 Å². The van der Waals surface area contributed by atoms with Gasteiger partial charge in [-0.15, -0.1) is 0 Å². The lowest BCUT2D eigenvalue weighted by molar-refractivity contribution is 0.0621. The summed E-state index contributed by atoms with van der Waals surface area (Å²) in [5.41, 5.74) is 7.83. The predicted molar refractivity (Wildman–Crippen MR) is 91.9 cm³/mol. The molecule has 0 radical (unpaired) electrons. The molecule has 0 aliphatic rings. The van der Waals surface area contributed by atoms with Gasteiger partial charge in [-0.25, -0.2) is 0 Å². The van der Waals surface area contributed by atoms with E-state index in [1.807, 2.05) is 0 Å². The van der Waals surface area contributed by atoms with Crippen LogP contribution in [0.3, 0.4) is 0 Å². The molecule has 0 aliphatic heterocycles. The molecule has 1 rings (SSSR count). The fourth-order valence-corrected chi connectivity index (χ4v) is 2.46. The first kappa shape index (κ1) is 18.0. The van der Waals surface area contributed by atoms with E-state index in [0.717, 1.165) is 18.6 Å². The van der Waals surface area contributed by atoms with Crippen LogP contribution in [0.1, 0.15) is 66.9 Å². The number of rotatable bonds is 6. The first-order chi connectivity index (χ1) is 9.61. The second kappa shape index (κ2) is 6.83. The second-order valence-electron chi connectivity index (χ2n) is 7.74. The van der Waals surface area contributed by atoms with Crippen LogP contribution in [0.15, 0.2) is 24.3 Å². The maximum atomic E-state index is 6.25. The lowest BCUT2D eigenvalue weighted by Crippen LogP contribution is -2.47. The summed E-state index contributed by atoms with van der Waals surface area (Å²) in [6.45, 7) is 15.4.